The molecule has 1 spiro atoms. The summed E-state index contributed by atoms with van der Waals surface area (Å²) in [5.41, 5.74) is 0.0192. The molecule has 0 bridgehead atoms. The van der Waals surface area contributed by atoms with Gasteiger partial charge in [0.15, 0.2) is 5.82 Å². The number of aromatic nitrogens is 2. The number of rotatable bonds is 3. The standard InChI is InChI=1S/C17H27N3O2/c1-14(2)22-16-12-18-11-15(19-16)20-9-10-21-17(13-20)7-5-3-4-6-8-17/h11-12,14H,3-10,13H2,1-2H3. The molecule has 1 aromatic heterocycles. The first-order valence-electron chi connectivity index (χ1n) is 8.55. The molecule has 5 heteroatoms. The van der Waals surface area contributed by atoms with Crippen molar-refractivity contribution in [2.24, 2.45) is 0 Å². The molecule has 1 saturated heterocycles. The summed E-state index contributed by atoms with van der Waals surface area (Å²) in [5, 5.41) is 0. The first-order chi connectivity index (χ1) is 10.7. The third-order valence-corrected chi connectivity index (χ3v) is 4.54. The number of anilines is 1. The van der Waals surface area contributed by atoms with Crippen LogP contribution in [0.2, 0.25) is 0 Å². The van der Waals surface area contributed by atoms with Crippen LogP contribution in [0.1, 0.15) is 52.4 Å². The van der Waals surface area contributed by atoms with Crippen molar-refractivity contribution in [2.45, 2.75) is 64.1 Å². The van der Waals surface area contributed by atoms with Crippen LogP contribution in [-0.2, 0) is 4.74 Å². The summed E-state index contributed by atoms with van der Waals surface area (Å²) < 4.78 is 11.9. The van der Waals surface area contributed by atoms with Crippen LogP contribution in [0, 0.1) is 0 Å². The van der Waals surface area contributed by atoms with Gasteiger partial charge in [0.25, 0.3) is 0 Å². The highest BCUT2D eigenvalue weighted by Gasteiger charge is 2.37. The van der Waals surface area contributed by atoms with Crippen LogP contribution in [0.25, 0.3) is 0 Å². The summed E-state index contributed by atoms with van der Waals surface area (Å²) >= 11 is 0. The zero-order valence-electron chi connectivity index (χ0n) is 13.8. The Balaban J connectivity index is 1.73. The second kappa shape index (κ2) is 6.82. The lowest BCUT2D eigenvalue weighted by Gasteiger charge is -2.43. The largest absolute Gasteiger partial charge is 0.474 e. The molecule has 122 valence electrons. The van der Waals surface area contributed by atoms with Crippen LogP contribution in [0.15, 0.2) is 12.4 Å². The SMILES string of the molecule is CC(C)Oc1cncc(N2CCOC3(CCCCCC3)C2)n1. The molecule has 3 rings (SSSR count). The summed E-state index contributed by atoms with van der Waals surface area (Å²) in [6.07, 6.45) is 11.2. The maximum atomic E-state index is 6.21. The highest BCUT2D eigenvalue weighted by atomic mass is 16.5. The number of nitrogens with zero attached hydrogens (tertiary/aromatic N) is 3. The molecule has 1 aromatic rings. The summed E-state index contributed by atoms with van der Waals surface area (Å²) in [6, 6.07) is 0. The van der Waals surface area contributed by atoms with Gasteiger partial charge in [-0.1, -0.05) is 25.7 Å². The van der Waals surface area contributed by atoms with Gasteiger partial charge in [-0.3, -0.25) is 4.98 Å². The molecule has 0 aromatic carbocycles. The molecule has 2 fully saturated rings. The fraction of sp³-hybridized carbons (Fsp3) is 0.765. The molecule has 0 atom stereocenters. The molecule has 0 amide bonds. The highest BCUT2D eigenvalue weighted by Crippen LogP contribution is 2.34. The zero-order chi connectivity index (χ0) is 15.4. The van der Waals surface area contributed by atoms with Crippen LogP contribution >= 0.6 is 0 Å². The Morgan fingerprint density at radius 1 is 1.18 bits per heavy atom. The van der Waals surface area contributed by atoms with Crippen LogP contribution in [-0.4, -0.2) is 41.4 Å². The predicted octanol–water partition coefficient (Wildman–Crippen LogP) is 3.19. The average molecular weight is 305 g/mol. The minimum atomic E-state index is 0.0192. The lowest BCUT2D eigenvalue weighted by molar-refractivity contribution is -0.0655. The average Bonchev–Trinajstić information content (AvgIpc) is 2.73. The monoisotopic (exact) mass is 305 g/mol. The van der Waals surface area contributed by atoms with Gasteiger partial charge in [0.2, 0.25) is 5.88 Å². The minimum absolute atomic E-state index is 0.0192. The van der Waals surface area contributed by atoms with Crippen molar-refractivity contribution >= 4 is 5.82 Å². The van der Waals surface area contributed by atoms with Gasteiger partial charge < -0.3 is 14.4 Å². The van der Waals surface area contributed by atoms with Crippen LogP contribution in [0.5, 0.6) is 5.88 Å². The van der Waals surface area contributed by atoms with E-state index in [0.717, 1.165) is 25.5 Å². The van der Waals surface area contributed by atoms with Gasteiger partial charge in [0.1, 0.15) is 0 Å². The minimum Gasteiger partial charge on any atom is -0.474 e. The van der Waals surface area contributed by atoms with Crippen molar-refractivity contribution in [3.63, 3.8) is 0 Å². The van der Waals surface area contributed by atoms with E-state index in [2.05, 4.69) is 14.9 Å². The van der Waals surface area contributed by atoms with E-state index >= 15 is 0 Å². The molecule has 0 radical (unpaired) electrons. The Kier molecular flexibility index (Phi) is 4.81. The second-order valence-corrected chi connectivity index (χ2v) is 6.75. The van der Waals surface area contributed by atoms with Crippen LogP contribution in [0.3, 0.4) is 0 Å². The van der Waals surface area contributed by atoms with Crippen LogP contribution < -0.4 is 9.64 Å². The second-order valence-electron chi connectivity index (χ2n) is 6.75. The Labute approximate surface area is 133 Å². The van der Waals surface area contributed by atoms with E-state index in [0.29, 0.717) is 5.88 Å². The maximum Gasteiger partial charge on any atom is 0.234 e. The molecule has 22 heavy (non-hydrogen) atoms. The fourth-order valence-electron chi connectivity index (χ4n) is 3.50. The third kappa shape index (κ3) is 3.69. The summed E-state index contributed by atoms with van der Waals surface area (Å²) in [4.78, 5) is 11.2. The quantitative estimate of drug-likeness (QED) is 0.858. The smallest absolute Gasteiger partial charge is 0.234 e. The zero-order valence-corrected chi connectivity index (χ0v) is 13.8. The van der Waals surface area contributed by atoms with Gasteiger partial charge in [0.05, 0.1) is 30.7 Å². The fourth-order valence-corrected chi connectivity index (χ4v) is 3.50. The first kappa shape index (κ1) is 15.5. The number of ether oxygens (including phenoxy) is 2. The van der Waals surface area contributed by atoms with E-state index in [9.17, 15) is 0 Å². The van der Waals surface area contributed by atoms with Gasteiger partial charge in [-0.05, 0) is 26.7 Å². The Hall–Kier alpha value is -1.36. The van der Waals surface area contributed by atoms with Gasteiger partial charge in [-0.15, -0.1) is 0 Å². The van der Waals surface area contributed by atoms with E-state index in [1.165, 1.54) is 38.5 Å². The number of hydrogen-bond donors (Lipinski definition) is 0. The molecule has 2 heterocycles. The lowest BCUT2D eigenvalue weighted by Crippen LogP contribution is -2.52. The topological polar surface area (TPSA) is 47.5 Å². The summed E-state index contributed by atoms with van der Waals surface area (Å²) in [7, 11) is 0. The molecule has 0 unspecified atom stereocenters. The van der Waals surface area contributed by atoms with Crippen LogP contribution in [0.4, 0.5) is 5.82 Å². The van der Waals surface area contributed by atoms with Crippen molar-refractivity contribution in [1.82, 2.24) is 9.97 Å². The van der Waals surface area contributed by atoms with E-state index in [-0.39, 0.29) is 11.7 Å². The van der Waals surface area contributed by atoms with E-state index in [1.54, 1.807) is 6.20 Å². The van der Waals surface area contributed by atoms with Crippen molar-refractivity contribution in [2.75, 3.05) is 24.6 Å². The van der Waals surface area contributed by atoms with Crippen molar-refractivity contribution in [3.8, 4) is 5.88 Å². The molecule has 1 saturated carbocycles. The normalized spacial score (nSPS) is 21.9. The molecular weight excluding hydrogens is 278 g/mol. The summed E-state index contributed by atoms with van der Waals surface area (Å²) in [5.74, 6) is 1.51. The summed E-state index contributed by atoms with van der Waals surface area (Å²) in [6.45, 7) is 6.58. The Morgan fingerprint density at radius 3 is 2.68 bits per heavy atom. The molecular formula is C17H27N3O2. The highest BCUT2D eigenvalue weighted by molar-refractivity contribution is 5.39. The first-order valence-corrected chi connectivity index (χ1v) is 8.55. The van der Waals surface area contributed by atoms with Gasteiger partial charge in [-0.25, -0.2) is 0 Å². The Morgan fingerprint density at radius 2 is 1.95 bits per heavy atom. The predicted molar refractivity (Wildman–Crippen MR) is 86.4 cm³/mol. The molecule has 5 nitrogen and oxygen atoms in total. The molecule has 1 aliphatic heterocycles. The van der Waals surface area contributed by atoms with Gasteiger partial charge in [0, 0.05) is 13.1 Å². The van der Waals surface area contributed by atoms with Crippen molar-refractivity contribution in [3.05, 3.63) is 12.4 Å². The number of hydrogen-bond acceptors (Lipinski definition) is 5. The number of morpholine rings is 1. The lowest BCUT2D eigenvalue weighted by atomic mass is 9.92. The molecule has 1 aliphatic carbocycles. The van der Waals surface area contributed by atoms with Gasteiger partial charge >= 0.3 is 0 Å². The van der Waals surface area contributed by atoms with E-state index in [4.69, 9.17) is 9.47 Å². The molecule has 2 aliphatic rings. The third-order valence-electron chi connectivity index (χ3n) is 4.54. The maximum absolute atomic E-state index is 6.21. The van der Waals surface area contributed by atoms with Gasteiger partial charge in [-0.2, -0.15) is 4.98 Å². The van der Waals surface area contributed by atoms with E-state index < -0.39 is 0 Å². The van der Waals surface area contributed by atoms with E-state index in [1.807, 2.05) is 20.0 Å². The van der Waals surface area contributed by atoms with Crippen molar-refractivity contribution in [1.29, 1.82) is 0 Å². The molecule has 0 N–H and O–H groups in total. The van der Waals surface area contributed by atoms with Crippen molar-refractivity contribution < 1.29 is 9.47 Å². The Bertz CT molecular complexity index is 485.